The summed E-state index contributed by atoms with van der Waals surface area (Å²) in [6.07, 6.45) is 0. The van der Waals surface area contributed by atoms with E-state index in [-0.39, 0.29) is 18.2 Å². The van der Waals surface area contributed by atoms with Crippen LogP contribution in [0.25, 0.3) is 0 Å². The minimum Gasteiger partial charge on any atom is -0.455 e. The van der Waals surface area contributed by atoms with Crippen molar-refractivity contribution in [3.63, 3.8) is 0 Å². The van der Waals surface area contributed by atoms with Gasteiger partial charge in [-0.05, 0) is 30.3 Å². The van der Waals surface area contributed by atoms with Crippen molar-refractivity contribution in [2.45, 2.75) is 6.54 Å². The monoisotopic (exact) mass is 259 g/mol. The molecule has 0 aliphatic carbocycles. The maximum absolute atomic E-state index is 12.0. The van der Waals surface area contributed by atoms with Crippen molar-refractivity contribution in [1.82, 2.24) is 0 Å². The molecule has 100 valence electrons. The van der Waals surface area contributed by atoms with E-state index >= 15 is 0 Å². The predicted molar refractivity (Wildman–Crippen MR) is 75.3 cm³/mol. The highest BCUT2D eigenvalue weighted by Gasteiger charge is 2.11. The molecule has 0 aliphatic heterocycles. The molecule has 19 heavy (non-hydrogen) atoms. The van der Waals surface area contributed by atoms with Crippen LogP contribution < -0.4 is 16.0 Å². The van der Waals surface area contributed by atoms with Crippen LogP contribution in [0, 0.1) is 0 Å². The largest absolute Gasteiger partial charge is 0.455 e. The average Bonchev–Trinajstić information content (AvgIpc) is 2.88. The van der Waals surface area contributed by atoms with E-state index in [1.54, 1.807) is 12.1 Å². The molecule has 1 aromatic carbocycles. The van der Waals surface area contributed by atoms with Gasteiger partial charge in [-0.15, -0.1) is 0 Å². The molecule has 1 aromatic heterocycles. The second kappa shape index (κ2) is 5.58. The summed E-state index contributed by atoms with van der Waals surface area (Å²) in [5, 5.41) is 2.79. The first-order valence-electron chi connectivity index (χ1n) is 5.97. The fourth-order valence-corrected chi connectivity index (χ4v) is 1.66. The summed E-state index contributed by atoms with van der Waals surface area (Å²) in [4.78, 5) is 13.9. The summed E-state index contributed by atoms with van der Waals surface area (Å²) in [6.45, 7) is 0.281. The van der Waals surface area contributed by atoms with E-state index in [4.69, 9.17) is 10.2 Å². The number of hydrogen-bond donors (Lipinski definition) is 2. The number of carbonyl (C=O) groups is 1. The Morgan fingerprint density at radius 1 is 1.32 bits per heavy atom. The number of rotatable bonds is 4. The van der Waals surface area contributed by atoms with Crippen LogP contribution in [0.4, 0.5) is 11.4 Å². The third-order valence-corrected chi connectivity index (χ3v) is 2.71. The molecule has 1 amide bonds. The standard InChI is InChI=1S/C14H17N3O2/c1-17(2)11-5-3-4-10(8-11)16-14(18)13-7-6-12(9-15)19-13/h3-8H,9,15H2,1-2H3,(H,16,18). The van der Waals surface area contributed by atoms with E-state index in [2.05, 4.69) is 5.32 Å². The summed E-state index contributed by atoms with van der Waals surface area (Å²) >= 11 is 0. The zero-order valence-electron chi connectivity index (χ0n) is 11.0. The molecule has 0 fully saturated rings. The fourth-order valence-electron chi connectivity index (χ4n) is 1.66. The van der Waals surface area contributed by atoms with Crippen molar-refractivity contribution in [1.29, 1.82) is 0 Å². The molecule has 0 aliphatic rings. The number of benzene rings is 1. The lowest BCUT2D eigenvalue weighted by Gasteiger charge is -2.13. The molecular weight excluding hydrogens is 242 g/mol. The van der Waals surface area contributed by atoms with Crippen LogP contribution in [-0.2, 0) is 6.54 Å². The predicted octanol–water partition coefficient (Wildman–Crippen LogP) is 2.06. The molecule has 0 unspecified atom stereocenters. The van der Waals surface area contributed by atoms with Gasteiger partial charge < -0.3 is 20.4 Å². The van der Waals surface area contributed by atoms with Gasteiger partial charge in [-0.3, -0.25) is 4.79 Å². The van der Waals surface area contributed by atoms with Crippen molar-refractivity contribution < 1.29 is 9.21 Å². The van der Waals surface area contributed by atoms with Gasteiger partial charge in [0, 0.05) is 25.5 Å². The second-order valence-corrected chi connectivity index (χ2v) is 4.37. The molecule has 5 nitrogen and oxygen atoms in total. The first kappa shape index (κ1) is 13.2. The van der Waals surface area contributed by atoms with Gasteiger partial charge in [0.1, 0.15) is 5.76 Å². The molecule has 0 spiro atoms. The molecule has 5 heteroatoms. The number of nitrogens with two attached hydrogens (primary N) is 1. The first-order valence-corrected chi connectivity index (χ1v) is 5.97. The Morgan fingerprint density at radius 3 is 2.74 bits per heavy atom. The summed E-state index contributed by atoms with van der Waals surface area (Å²) in [5.74, 6) is 0.568. The molecular formula is C14H17N3O2. The van der Waals surface area contributed by atoms with Gasteiger partial charge in [0.25, 0.3) is 5.91 Å². The maximum atomic E-state index is 12.0. The number of hydrogen-bond acceptors (Lipinski definition) is 4. The Morgan fingerprint density at radius 2 is 2.11 bits per heavy atom. The maximum Gasteiger partial charge on any atom is 0.291 e. The molecule has 2 aromatic rings. The minimum absolute atomic E-state index is 0.260. The van der Waals surface area contributed by atoms with E-state index in [1.807, 2.05) is 43.3 Å². The van der Waals surface area contributed by atoms with E-state index in [0.29, 0.717) is 5.76 Å². The van der Waals surface area contributed by atoms with Gasteiger partial charge in [0.15, 0.2) is 5.76 Å². The Hall–Kier alpha value is -2.27. The molecule has 2 rings (SSSR count). The Kier molecular flexibility index (Phi) is 3.87. The highest BCUT2D eigenvalue weighted by atomic mass is 16.4. The van der Waals surface area contributed by atoms with Gasteiger partial charge in [-0.25, -0.2) is 0 Å². The highest BCUT2D eigenvalue weighted by molar-refractivity contribution is 6.02. The molecule has 0 saturated carbocycles. The number of nitrogens with one attached hydrogen (secondary N) is 1. The summed E-state index contributed by atoms with van der Waals surface area (Å²) < 4.78 is 5.30. The van der Waals surface area contributed by atoms with Crippen LogP contribution in [0.3, 0.4) is 0 Å². The average molecular weight is 259 g/mol. The Bertz CT molecular complexity index is 576. The van der Waals surface area contributed by atoms with Crippen LogP contribution in [0.15, 0.2) is 40.8 Å². The molecule has 1 heterocycles. The molecule has 3 N–H and O–H groups in total. The normalized spacial score (nSPS) is 10.3. The topological polar surface area (TPSA) is 71.5 Å². The van der Waals surface area contributed by atoms with Gasteiger partial charge >= 0.3 is 0 Å². The fraction of sp³-hybridized carbons (Fsp3) is 0.214. The van der Waals surface area contributed by atoms with Crippen LogP contribution in [0.2, 0.25) is 0 Å². The van der Waals surface area contributed by atoms with Crippen LogP contribution >= 0.6 is 0 Å². The van der Waals surface area contributed by atoms with E-state index in [1.165, 1.54) is 0 Å². The third kappa shape index (κ3) is 3.14. The van der Waals surface area contributed by atoms with Crippen LogP contribution in [0.1, 0.15) is 16.3 Å². The van der Waals surface area contributed by atoms with Gasteiger partial charge in [0.05, 0.1) is 6.54 Å². The quantitative estimate of drug-likeness (QED) is 0.881. The first-order chi connectivity index (χ1) is 9.10. The lowest BCUT2D eigenvalue weighted by atomic mass is 10.2. The highest BCUT2D eigenvalue weighted by Crippen LogP contribution is 2.18. The lowest BCUT2D eigenvalue weighted by molar-refractivity contribution is 0.0995. The van der Waals surface area contributed by atoms with Crippen LogP contribution in [-0.4, -0.2) is 20.0 Å². The Labute approximate surface area is 112 Å². The number of amides is 1. The summed E-state index contributed by atoms with van der Waals surface area (Å²) in [7, 11) is 3.89. The number of nitrogens with zero attached hydrogens (tertiary/aromatic N) is 1. The van der Waals surface area contributed by atoms with E-state index in [0.717, 1.165) is 11.4 Å². The Balaban J connectivity index is 2.12. The number of furan rings is 1. The zero-order chi connectivity index (χ0) is 13.8. The van der Waals surface area contributed by atoms with Crippen LogP contribution in [0.5, 0.6) is 0 Å². The van der Waals surface area contributed by atoms with Crippen molar-refractivity contribution in [2.24, 2.45) is 5.73 Å². The lowest BCUT2D eigenvalue weighted by Crippen LogP contribution is -2.12. The molecule has 0 saturated heterocycles. The summed E-state index contributed by atoms with van der Waals surface area (Å²) in [5.41, 5.74) is 7.18. The van der Waals surface area contributed by atoms with Gasteiger partial charge in [-0.2, -0.15) is 0 Å². The van der Waals surface area contributed by atoms with Crippen molar-refractivity contribution in [3.05, 3.63) is 47.9 Å². The van der Waals surface area contributed by atoms with E-state index in [9.17, 15) is 4.79 Å². The van der Waals surface area contributed by atoms with Crippen molar-refractivity contribution >= 4 is 17.3 Å². The van der Waals surface area contributed by atoms with Crippen molar-refractivity contribution in [2.75, 3.05) is 24.3 Å². The SMILES string of the molecule is CN(C)c1cccc(NC(=O)c2ccc(CN)o2)c1. The molecule has 0 atom stereocenters. The summed E-state index contributed by atoms with van der Waals surface area (Å²) in [6, 6.07) is 10.9. The smallest absolute Gasteiger partial charge is 0.291 e. The molecule has 0 radical (unpaired) electrons. The number of carbonyl (C=O) groups excluding carboxylic acids is 1. The molecule has 0 bridgehead atoms. The van der Waals surface area contributed by atoms with E-state index < -0.39 is 0 Å². The minimum atomic E-state index is -0.282. The second-order valence-electron chi connectivity index (χ2n) is 4.37. The zero-order valence-corrected chi connectivity index (χ0v) is 11.0. The number of anilines is 2. The van der Waals surface area contributed by atoms with Gasteiger partial charge in [0.2, 0.25) is 0 Å². The third-order valence-electron chi connectivity index (χ3n) is 2.71. The van der Waals surface area contributed by atoms with Crippen molar-refractivity contribution in [3.8, 4) is 0 Å². The van der Waals surface area contributed by atoms with Gasteiger partial charge in [-0.1, -0.05) is 6.07 Å².